The summed E-state index contributed by atoms with van der Waals surface area (Å²) in [4.78, 5) is 12.0. The number of carbonyl (C=O) groups excluding carboxylic acids is 1. The summed E-state index contributed by atoms with van der Waals surface area (Å²) in [5, 5.41) is 0. The molecule has 2 aromatic rings. The molecular formula is C17H16F2O. The summed E-state index contributed by atoms with van der Waals surface area (Å²) in [6.45, 7) is 3.87. The topological polar surface area (TPSA) is 17.1 Å². The molecule has 0 bridgehead atoms. The Bertz CT molecular complexity index is 627. The number of carbonyl (C=O) groups is 1. The molecule has 0 N–H and O–H groups in total. The quantitative estimate of drug-likeness (QED) is 0.825. The van der Waals surface area contributed by atoms with Crippen LogP contribution in [0.25, 0.3) is 0 Å². The Morgan fingerprint density at radius 1 is 1.00 bits per heavy atom. The van der Waals surface area contributed by atoms with Crippen LogP contribution in [0.4, 0.5) is 8.78 Å². The van der Waals surface area contributed by atoms with Gasteiger partial charge < -0.3 is 0 Å². The lowest BCUT2D eigenvalue weighted by atomic mass is 9.97. The van der Waals surface area contributed by atoms with Gasteiger partial charge in [-0.05, 0) is 37.1 Å². The van der Waals surface area contributed by atoms with Crippen molar-refractivity contribution in [2.45, 2.75) is 26.7 Å². The molecule has 0 atom stereocenters. The minimum absolute atomic E-state index is 0.150. The number of ketones is 1. The average Bonchev–Trinajstić information content (AvgIpc) is 2.38. The van der Waals surface area contributed by atoms with Gasteiger partial charge in [0.2, 0.25) is 0 Å². The van der Waals surface area contributed by atoms with Gasteiger partial charge >= 0.3 is 0 Å². The van der Waals surface area contributed by atoms with Crippen LogP contribution >= 0.6 is 0 Å². The van der Waals surface area contributed by atoms with Crippen molar-refractivity contribution in [3.8, 4) is 0 Å². The summed E-state index contributed by atoms with van der Waals surface area (Å²) in [5.74, 6) is -1.53. The van der Waals surface area contributed by atoms with Crippen LogP contribution in [-0.4, -0.2) is 5.78 Å². The lowest BCUT2D eigenvalue weighted by Gasteiger charge is -2.08. The molecule has 0 unspecified atom stereocenters. The summed E-state index contributed by atoms with van der Waals surface area (Å²) >= 11 is 0. The maximum atomic E-state index is 13.5. The molecule has 0 aliphatic carbocycles. The Labute approximate surface area is 117 Å². The first kappa shape index (κ1) is 14.4. The Morgan fingerprint density at radius 3 is 2.30 bits per heavy atom. The molecule has 0 spiro atoms. The molecule has 20 heavy (non-hydrogen) atoms. The zero-order chi connectivity index (χ0) is 14.7. The number of hydrogen-bond acceptors (Lipinski definition) is 1. The Morgan fingerprint density at radius 2 is 1.65 bits per heavy atom. The number of hydrogen-bond donors (Lipinski definition) is 0. The molecule has 0 aliphatic rings. The van der Waals surface area contributed by atoms with Gasteiger partial charge in [-0.1, -0.05) is 29.8 Å². The third-order valence-corrected chi connectivity index (χ3v) is 3.33. The highest BCUT2D eigenvalue weighted by Gasteiger charge is 2.14. The van der Waals surface area contributed by atoms with E-state index >= 15 is 0 Å². The minimum atomic E-state index is -0.667. The zero-order valence-corrected chi connectivity index (χ0v) is 11.5. The van der Waals surface area contributed by atoms with Crippen molar-refractivity contribution in [3.63, 3.8) is 0 Å². The van der Waals surface area contributed by atoms with Crippen molar-refractivity contribution in [2.75, 3.05) is 0 Å². The van der Waals surface area contributed by atoms with Crippen LogP contribution in [0.2, 0.25) is 0 Å². The summed E-state index contributed by atoms with van der Waals surface area (Å²) in [7, 11) is 0. The second-order valence-corrected chi connectivity index (χ2v) is 5.02. The summed E-state index contributed by atoms with van der Waals surface area (Å²) in [6.07, 6.45) is -0.0207. The van der Waals surface area contributed by atoms with E-state index in [1.165, 1.54) is 18.2 Å². The Balaban J connectivity index is 2.15. The molecule has 104 valence electrons. The molecule has 3 heteroatoms. The predicted molar refractivity (Wildman–Crippen MR) is 74.7 cm³/mol. The molecule has 1 nitrogen and oxygen atoms in total. The fourth-order valence-corrected chi connectivity index (χ4v) is 2.16. The van der Waals surface area contributed by atoms with Gasteiger partial charge in [0.1, 0.15) is 17.4 Å². The van der Waals surface area contributed by atoms with Crippen LogP contribution in [0.15, 0.2) is 36.4 Å². The Hall–Kier alpha value is -2.03. The first-order valence-corrected chi connectivity index (χ1v) is 6.48. The van der Waals surface area contributed by atoms with E-state index in [0.717, 1.165) is 16.7 Å². The number of rotatable bonds is 4. The van der Waals surface area contributed by atoms with Crippen LogP contribution in [0.1, 0.15) is 22.3 Å². The smallest absolute Gasteiger partial charge is 0.141 e. The highest BCUT2D eigenvalue weighted by Crippen LogP contribution is 2.16. The van der Waals surface area contributed by atoms with E-state index in [1.807, 2.05) is 32.0 Å². The third kappa shape index (κ3) is 3.29. The van der Waals surface area contributed by atoms with Crippen molar-refractivity contribution in [1.29, 1.82) is 0 Å². The highest BCUT2D eigenvalue weighted by atomic mass is 19.1. The number of aryl methyl sites for hydroxylation is 2. The van der Waals surface area contributed by atoms with Crippen molar-refractivity contribution < 1.29 is 13.6 Å². The van der Waals surface area contributed by atoms with Crippen LogP contribution < -0.4 is 0 Å². The Kier molecular flexibility index (Phi) is 4.28. The normalized spacial score (nSPS) is 10.6. The van der Waals surface area contributed by atoms with Crippen molar-refractivity contribution in [3.05, 3.63) is 70.3 Å². The fourth-order valence-electron chi connectivity index (χ4n) is 2.16. The van der Waals surface area contributed by atoms with Gasteiger partial charge in [-0.3, -0.25) is 4.79 Å². The molecule has 0 saturated heterocycles. The highest BCUT2D eigenvalue weighted by molar-refractivity contribution is 5.83. The number of benzene rings is 2. The summed E-state index contributed by atoms with van der Waals surface area (Å²) in [5.41, 5.74) is 2.84. The molecule has 0 radical (unpaired) electrons. The minimum Gasteiger partial charge on any atom is -0.299 e. The van der Waals surface area contributed by atoms with E-state index in [2.05, 4.69) is 0 Å². The summed E-state index contributed by atoms with van der Waals surface area (Å²) in [6, 6.07) is 9.49. The van der Waals surface area contributed by atoms with E-state index in [0.29, 0.717) is 0 Å². The van der Waals surface area contributed by atoms with E-state index < -0.39 is 11.6 Å². The monoisotopic (exact) mass is 274 g/mol. The van der Waals surface area contributed by atoms with Gasteiger partial charge in [-0.25, -0.2) is 8.78 Å². The van der Waals surface area contributed by atoms with Gasteiger partial charge in [-0.15, -0.1) is 0 Å². The molecule has 0 fully saturated rings. The lowest BCUT2D eigenvalue weighted by Crippen LogP contribution is -2.10. The van der Waals surface area contributed by atoms with Crippen molar-refractivity contribution >= 4 is 5.78 Å². The van der Waals surface area contributed by atoms with E-state index in [1.54, 1.807) is 0 Å². The van der Waals surface area contributed by atoms with Crippen LogP contribution in [0, 0.1) is 25.5 Å². The standard InChI is InChI=1S/C17H16F2O/c1-11-6-7-12(2)13(8-11)9-14(20)10-15-16(18)4-3-5-17(15)19/h3-8H,9-10H2,1-2H3. The third-order valence-electron chi connectivity index (χ3n) is 3.33. The van der Waals surface area contributed by atoms with Crippen molar-refractivity contribution in [2.24, 2.45) is 0 Å². The second-order valence-electron chi connectivity index (χ2n) is 5.02. The van der Waals surface area contributed by atoms with Crippen LogP contribution in [0.3, 0.4) is 0 Å². The second kappa shape index (κ2) is 5.95. The first-order chi connectivity index (χ1) is 9.47. The molecule has 2 rings (SSSR count). The van der Waals surface area contributed by atoms with Gasteiger partial charge in [0, 0.05) is 18.4 Å². The number of Topliss-reactive ketones (excluding diaryl/α,β-unsaturated/α-hetero) is 1. The molecule has 0 heterocycles. The van der Waals surface area contributed by atoms with E-state index in [9.17, 15) is 13.6 Å². The molecule has 0 aliphatic heterocycles. The van der Waals surface area contributed by atoms with Crippen LogP contribution in [-0.2, 0) is 17.6 Å². The zero-order valence-electron chi connectivity index (χ0n) is 11.5. The summed E-state index contributed by atoms with van der Waals surface area (Å²) < 4.78 is 27.0. The van der Waals surface area contributed by atoms with Gasteiger partial charge in [-0.2, -0.15) is 0 Å². The van der Waals surface area contributed by atoms with Crippen LogP contribution in [0.5, 0.6) is 0 Å². The maximum Gasteiger partial charge on any atom is 0.141 e. The predicted octanol–water partition coefficient (Wildman–Crippen LogP) is 3.94. The van der Waals surface area contributed by atoms with E-state index in [-0.39, 0.29) is 24.2 Å². The lowest BCUT2D eigenvalue weighted by molar-refractivity contribution is -0.117. The van der Waals surface area contributed by atoms with E-state index in [4.69, 9.17) is 0 Å². The number of halogens is 2. The molecule has 2 aromatic carbocycles. The van der Waals surface area contributed by atoms with Gasteiger partial charge in [0.25, 0.3) is 0 Å². The SMILES string of the molecule is Cc1ccc(C)c(CC(=O)Cc2c(F)cccc2F)c1. The first-order valence-electron chi connectivity index (χ1n) is 6.48. The molecule has 0 aromatic heterocycles. The van der Waals surface area contributed by atoms with Crippen molar-refractivity contribution in [1.82, 2.24) is 0 Å². The largest absolute Gasteiger partial charge is 0.299 e. The molecule has 0 saturated carbocycles. The molecule has 0 amide bonds. The average molecular weight is 274 g/mol. The van der Waals surface area contributed by atoms with Gasteiger partial charge in [0.15, 0.2) is 0 Å². The molecular weight excluding hydrogens is 258 g/mol. The van der Waals surface area contributed by atoms with Gasteiger partial charge in [0.05, 0.1) is 0 Å². The fraction of sp³-hybridized carbons (Fsp3) is 0.235. The maximum absolute atomic E-state index is 13.5.